The Kier molecular flexibility index (Phi) is 8.38. The molecule has 0 bridgehead atoms. The van der Waals surface area contributed by atoms with Gasteiger partial charge in [-0.25, -0.2) is 4.98 Å². The first-order valence-electron chi connectivity index (χ1n) is 12.6. The first-order valence-corrected chi connectivity index (χ1v) is 12.6. The molecule has 2 aromatic carbocycles. The van der Waals surface area contributed by atoms with Gasteiger partial charge >= 0.3 is 0 Å². The Labute approximate surface area is 219 Å². The fourth-order valence-corrected chi connectivity index (χ4v) is 4.90. The predicted octanol–water partition coefficient (Wildman–Crippen LogP) is 4.39. The van der Waals surface area contributed by atoms with Crippen LogP contribution in [0.2, 0.25) is 0 Å². The summed E-state index contributed by atoms with van der Waals surface area (Å²) in [6, 6.07) is 12.0. The van der Waals surface area contributed by atoms with E-state index in [2.05, 4.69) is 25.1 Å². The van der Waals surface area contributed by atoms with Crippen LogP contribution in [0.3, 0.4) is 0 Å². The molecule has 1 aromatic heterocycles. The van der Waals surface area contributed by atoms with Crippen LogP contribution < -0.4 is 19.1 Å². The largest absolute Gasteiger partial charge is 0.493 e. The van der Waals surface area contributed by atoms with Crippen LogP contribution in [0, 0.1) is 6.92 Å². The number of para-hydroxylation sites is 1. The fraction of sp³-hybridized carbons (Fsp3) is 0.448. The number of carbonyl (C=O) groups is 1. The van der Waals surface area contributed by atoms with Crippen LogP contribution >= 0.6 is 0 Å². The third kappa shape index (κ3) is 5.91. The van der Waals surface area contributed by atoms with Gasteiger partial charge in [0.15, 0.2) is 11.5 Å². The van der Waals surface area contributed by atoms with Crippen molar-refractivity contribution >= 4 is 22.6 Å². The Balaban J connectivity index is 1.67. The molecule has 0 spiro atoms. The number of ether oxygens (including phenoxy) is 4. The third-order valence-corrected chi connectivity index (χ3v) is 6.77. The lowest BCUT2D eigenvalue weighted by atomic mass is 10.1. The quantitative estimate of drug-likeness (QED) is 0.403. The number of nitrogens with zero attached hydrogens (tertiary/aromatic N) is 3. The first-order chi connectivity index (χ1) is 17.8. The molecule has 0 radical (unpaired) electrons. The molecular weight excluding hydrogens is 470 g/mol. The topological polar surface area (TPSA) is 73.4 Å². The molecule has 1 aliphatic rings. The van der Waals surface area contributed by atoms with E-state index in [1.54, 1.807) is 21.3 Å². The molecule has 2 heterocycles. The molecule has 4 rings (SSSR count). The lowest BCUT2D eigenvalue weighted by molar-refractivity contribution is -0.132. The van der Waals surface area contributed by atoms with Crippen molar-refractivity contribution in [3.8, 4) is 17.2 Å². The summed E-state index contributed by atoms with van der Waals surface area (Å²) >= 11 is 0. The zero-order chi connectivity index (χ0) is 26.5. The van der Waals surface area contributed by atoms with Crippen LogP contribution in [0.25, 0.3) is 10.9 Å². The van der Waals surface area contributed by atoms with Gasteiger partial charge in [0.1, 0.15) is 5.82 Å². The lowest BCUT2D eigenvalue weighted by Crippen LogP contribution is -2.38. The number of pyridine rings is 1. The monoisotopic (exact) mass is 507 g/mol. The predicted molar refractivity (Wildman–Crippen MR) is 145 cm³/mol. The summed E-state index contributed by atoms with van der Waals surface area (Å²) in [5, 5.41) is 1.06. The van der Waals surface area contributed by atoms with Crippen LogP contribution in [0.1, 0.15) is 29.5 Å². The van der Waals surface area contributed by atoms with E-state index in [1.807, 2.05) is 42.1 Å². The van der Waals surface area contributed by atoms with Crippen LogP contribution in [-0.2, 0) is 22.5 Å². The van der Waals surface area contributed by atoms with E-state index < -0.39 is 0 Å². The van der Waals surface area contributed by atoms with Gasteiger partial charge in [-0.1, -0.05) is 18.2 Å². The summed E-state index contributed by atoms with van der Waals surface area (Å²) in [5.41, 5.74) is 3.89. The highest BCUT2D eigenvalue weighted by atomic mass is 16.5. The second-order valence-corrected chi connectivity index (χ2v) is 9.63. The lowest BCUT2D eigenvalue weighted by Gasteiger charge is -2.28. The van der Waals surface area contributed by atoms with Crippen molar-refractivity contribution in [1.29, 1.82) is 0 Å². The minimum Gasteiger partial charge on any atom is -0.493 e. The summed E-state index contributed by atoms with van der Waals surface area (Å²) < 4.78 is 22.3. The van der Waals surface area contributed by atoms with Gasteiger partial charge in [0.25, 0.3) is 0 Å². The molecule has 1 fully saturated rings. The van der Waals surface area contributed by atoms with E-state index in [9.17, 15) is 4.79 Å². The molecule has 1 atom stereocenters. The molecule has 0 aliphatic carbocycles. The minimum atomic E-state index is -0.00109. The number of hydrogen-bond donors (Lipinski definition) is 0. The van der Waals surface area contributed by atoms with E-state index in [4.69, 9.17) is 23.9 Å². The molecule has 37 heavy (non-hydrogen) atoms. The maximum absolute atomic E-state index is 13.8. The smallest absolute Gasteiger partial charge is 0.227 e. The van der Waals surface area contributed by atoms with Gasteiger partial charge in [-0.2, -0.15) is 0 Å². The number of fused-ring (bicyclic) bond motifs is 1. The Morgan fingerprint density at radius 1 is 1.08 bits per heavy atom. The standard InChI is InChI=1S/C29H37N3O5/c1-19-9-7-10-21-16-22(29(31(2)3)30-27(19)21)17-32(18-23-11-8-12-37-23)26(33)15-20-13-24(34-4)28(36-6)25(14-20)35-5/h7,9-10,13-14,16,23H,8,11-12,15,17-18H2,1-6H3/t23-/m0/s1. The number of aryl methyl sites for hydroxylation is 1. The minimum absolute atomic E-state index is 0.00109. The first kappa shape index (κ1) is 26.5. The highest BCUT2D eigenvalue weighted by molar-refractivity contribution is 5.85. The Hall–Kier alpha value is -3.52. The highest BCUT2D eigenvalue weighted by Gasteiger charge is 2.25. The maximum Gasteiger partial charge on any atom is 0.227 e. The molecule has 8 nitrogen and oxygen atoms in total. The Bertz CT molecular complexity index is 1230. The van der Waals surface area contributed by atoms with Gasteiger partial charge < -0.3 is 28.7 Å². The fourth-order valence-electron chi connectivity index (χ4n) is 4.90. The summed E-state index contributed by atoms with van der Waals surface area (Å²) in [7, 11) is 8.68. The zero-order valence-corrected chi connectivity index (χ0v) is 22.7. The summed E-state index contributed by atoms with van der Waals surface area (Å²) in [5.74, 6) is 2.42. The second-order valence-electron chi connectivity index (χ2n) is 9.63. The molecular formula is C29H37N3O5. The van der Waals surface area contributed by atoms with Gasteiger partial charge in [0.2, 0.25) is 11.7 Å². The van der Waals surface area contributed by atoms with Crippen LogP contribution in [0.15, 0.2) is 36.4 Å². The molecule has 0 saturated carbocycles. The molecule has 0 N–H and O–H groups in total. The van der Waals surface area contributed by atoms with Crippen molar-refractivity contribution in [1.82, 2.24) is 9.88 Å². The van der Waals surface area contributed by atoms with E-state index in [0.29, 0.717) is 30.3 Å². The molecule has 1 amide bonds. The number of carbonyl (C=O) groups excluding carboxylic acids is 1. The molecule has 3 aromatic rings. The SMILES string of the molecule is COc1cc(CC(=O)N(Cc2cc3cccc(C)c3nc2N(C)C)C[C@@H]2CCCO2)cc(OC)c1OC. The molecule has 1 aliphatic heterocycles. The van der Waals surface area contributed by atoms with E-state index in [0.717, 1.165) is 52.9 Å². The molecule has 0 unspecified atom stereocenters. The van der Waals surface area contributed by atoms with Crippen molar-refractivity contribution in [2.75, 3.05) is 53.5 Å². The number of aromatic nitrogens is 1. The number of amides is 1. The van der Waals surface area contributed by atoms with Crippen molar-refractivity contribution in [3.63, 3.8) is 0 Å². The number of methoxy groups -OCH3 is 3. The van der Waals surface area contributed by atoms with Crippen LogP contribution in [0.4, 0.5) is 5.82 Å². The van der Waals surface area contributed by atoms with Gasteiger partial charge in [-0.15, -0.1) is 0 Å². The Morgan fingerprint density at radius 3 is 2.41 bits per heavy atom. The van der Waals surface area contributed by atoms with Crippen molar-refractivity contribution in [2.45, 2.75) is 38.8 Å². The van der Waals surface area contributed by atoms with Gasteiger partial charge in [0.05, 0.1) is 39.4 Å². The van der Waals surface area contributed by atoms with E-state index in [1.165, 1.54) is 0 Å². The molecule has 1 saturated heterocycles. The maximum atomic E-state index is 13.8. The number of benzene rings is 2. The van der Waals surface area contributed by atoms with Crippen molar-refractivity contribution in [2.24, 2.45) is 0 Å². The average Bonchev–Trinajstić information content (AvgIpc) is 3.40. The van der Waals surface area contributed by atoms with Gasteiger partial charge in [-0.05, 0) is 49.1 Å². The summed E-state index contributed by atoms with van der Waals surface area (Å²) in [6.07, 6.45) is 2.19. The normalized spacial score (nSPS) is 15.0. The van der Waals surface area contributed by atoms with Gasteiger partial charge in [-0.3, -0.25) is 4.79 Å². The molecule has 8 heteroatoms. The number of anilines is 1. The second kappa shape index (κ2) is 11.7. The van der Waals surface area contributed by atoms with Crippen molar-refractivity contribution < 1.29 is 23.7 Å². The number of hydrogen-bond acceptors (Lipinski definition) is 7. The zero-order valence-electron chi connectivity index (χ0n) is 22.7. The molecule has 198 valence electrons. The Morgan fingerprint density at radius 2 is 1.81 bits per heavy atom. The van der Waals surface area contributed by atoms with Gasteiger partial charge in [0, 0.05) is 44.7 Å². The highest BCUT2D eigenvalue weighted by Crippen LogP contribution is 2.38. The number of rotatable bonds is 10. The van der Waals surface area contributed by atoms with Crippen LogP contribution in [-0.4, -0.2) is 70.5 Å². The van der Waals surface area contributed by atoms with E-state index >= 15 is 0 Å². The van der Waals surface area contributed by atoms with Crippen LogP contribution in [0.5, 0.6) is 17.2 Å². The summed E-state index contributed by atoms with van der Waals surface area (Å²) in [6.45, 7) is 3.77. The van der Waals surface area contributed by atoms with E-state index in [-0.39, 0.29) is 18.4 Å². The average molecular weight is 508 g/mol. The third-order valence-electron chi connectivity index (χ3n) is 6.77. The summed E-state index contributed by atoms with van der Waals surface area (Å²) in [4.78, 5) is 22.7. The van der Waals surface area contributed by atoms with Crippen molar-refractivity contribution in [3.05, 3.63) is 53.1 Å².